The summed E-state index contributed by atoms with van der Waals surface area (Å²) < 4.78 is 5.73. The van der Waals surface area contributed by atoms with Gasteiger partial charge < -0.3 is 0 Å². The summed E-state index contributed by atoms with van der Waals surface area (Å²) in [6.45, 7) is 0. The van der Waals surface area contributed by atoms with Crippen LogP contribution in [0.1, 0.15) is 28.9 Å². The van der Waals surface area contributed by atoms with E-state index in [1.54, 1.807) is 0 Å². The zero-order chi connectivity index (χ0) is 14.0. The minimum absolute atomic E-state index is 0.142. The quantitative estimate of drug-likeness (QED) is 0.763. The van der Waals surface area contributed by atoms with Gasteiger partial charge in [-0.1, -0.05) is 0 Å². The van der Waals surface area contributed by atoms with Gasteiger partial charge in [0.1, 0.15) is 0 Å². The molecule has 5 heteroatoms. The molecule has 0 saturated carbocycles. The Kier molecular flexibility index (Phi) is 4.34. The fraction of sp³-hybridized carbons (Fsp3) is 0.200. The molecule has 1 saturated heterocycles. The first-order valence-corrected chi connectivity index (χ1v) is 11.0. The van der Waals surface area contributed by atoms with Crippen molar-refractivity contribution in [2.24, 2.45) is 0 Å². The van der Waals surface area contributed by atoms with Crippen LogP contribution >= 0.6 is 28.9 Å². The van der Waals surface area contributed by atoms with Crippen molar-refractivity contribution in [1.29, 1.82) is 0 Å². The van der Waals surface area contributed by atoms with Crippen LogP contribution < -0.4 is 0 Å². The molecule has 0 aromatic heterocycles. The Balaban J connectivity index is 1.87. The number of rotatable bonds is 2. The molecule has 20 heavy (non-hydrogen) atoms. The van der Waals surface area contributed by atoms with Gasteiger partial charge in [-0.2, -0.15) is 0 Å². The van der Waals surface area contributed by atoms with Crippen molar-refractivity contribution >= 4 is 28.9 Å². The molecule has 2 unspecified atom stereocenters. The third-order valence-electron chi connectivity index (χ3n) is 3.35. The second-order valence-corrected chi connectivity index (χ2v) is 11.4. The number of benzene rings is 2. The van der Waals surface area contributed by atoms with Crippen molar-refractivity contribution in [1.82, 2.24) is 0 Å². The van der Waals surface area contributed by atoms with Gasteiger partial charge in [-0.15, -0.1) is 0 Å². The van der Waals surface area contributed by atoms with E-state index in [9.17, 15) is 4.89 Å². The van der Waals surface area contributed by atoms with Gasteiger partial charge in [0.2, 0.25) is 0 Å². The predicted octanol–water partition coefficient (Wildman–Crippen LogP) is 5.26. The summed E-state index contributed by atoms with van der Waals surface area (Å²) in [7, 11) is 0. The van der Waals surface area contributed by atoms with Crippen molar-refractivity contribution in [2.75, 3.05) is 0 Å². The normalized spacial score (nSPS) is 26.9. The first-order chi connectivity index (χ1) is 9.64. The molecule has 1 aliphatic heterocycles. The van der Waals surface area contributed by atoms with Gasteiger partial charge in [0.15, 0.2) is 0 Å². The van der Waals surface area contributed by atoms with E-state index in [0.717, 1.165) is 12.0 Å². The average molecular weight is 327 g/mol. The second kappa shape index (κ2) is 6.05. The van der Waals surface area contributed by atoms with Crippen LogP contribution in [0.5, 0.6) is 0 Å². The molecule has 1 N–H and O–H groups in total. The Labute approximate surface area is 128 Å². The van der Waals surface area contributed by atoms with Gasteiger partial charge in [-0.3, -0.25) is 0 Å². The molecule has 1 heterocycles. The average Bonchev–Trinajstić information content (AvgIpc) is 2.47. The van der Waals surface area contributed by atoms with Crippen LogP contribution in [0.2, 0.25) is 0 Å². The summed E-state index contributed by atoms with van der Waals surface area (Å²) in [5.74, 6) is 0. The van der Waals surface area contributed by atoms with E-state index in [-0.39, 0.29) is 11.4 Å². The van der Waals surface area contributed by atoms with Gasteiger partial charge in [0.05, 0.1) is 0 Å². The monoisotopic (exact) mass is 326 g/mol. The van der Waals surface area contributed by atoms with Gasteiger partial charge in [0.25, 0.3) is 0 Å². The van der Waals surface area contributed by atoms with Crippen molar-refractivity contribution < 1.29 is 9.42 Å². The Morgan fingerprint density at radius 2 is 1.55 bits per heavy atom. The summed E-state index contributed by atoms with van der Waals surface area (Å²) in [5.41, 5.74) is 2.26. The first-order valence-electron chi connectivity index (χ1n) is 6.51. The topological polar surface area (TPSA) is 29.5 Å². The molecule has 2 aromatic rings. The van der Waals surface area contributed by atoms with E-state index in [1.807, 2.05) is 48.5 Å². The van der Waals surface area contributed by atoms with Crippen LogP contribution in [0.4, 0.5) is 0 Å². The van der Waals surface area contributed by atoms with Gasteiger partial charge in [0, 0.05) is 0 Å². The molecule has 0 amide bonds. The van der Waals surface area contributed by atoms with Gasteiger partial charge in [-0.25, -0.2) is 0 Å². The van der Waals surface area contributed by atoms with Crippen molar-refractivity contribution in [3.63, 3.8) is 0 Å². The molecular weight excluding hydrogens is 311 g/mol. The fourth-order valence-electron chi connectivity index (χ4n) is 2.41. The van der Waals surface area contributed by atoms with Crippen LogP contribution in [0.15, 0.2) is 60.7 Å². The van der Waals surface area contributed by atoms with Crippen LogP contribution in [-0.2, 0) is 4.52 Å². The molecule has 1 aliphatic rings. The standard InChI is InChI=1S/C15H16ClO2PS/c16-19(17)18-14(12-7-3-1-4-8-12)11-15(20-19)13-9-5-2-6-10-13/h1-10,14-15,17,19H,11H2. The zero-order valence-corrected chi connectivity index (χ0v) is 13.3. The van der Waals surface area contributed by atoms with E-state index >= 15 is 0 Å². The van der Waals surface area contributed by atoms with Crippen LogP contribution in [-0.4, -0.2) is 4.89 Å². The maximum atomic E-state index is 10.3. The third-order valence-corrected chi connectivity index (χ3v) is 8.04. The number of hydrogen-bond acceptors (Lipinski definition) is 3. The Morgan fingerprint density at radius 1 is 1.00 bits per heavy atom. The van der Waals surface area contributed by atoms with Crippen LogP contribution in [0.25, 0.3) is 0 Å². The molecule has 2 aromatic carbocycles. The van der Waals surface area contributed by atoms with Crippen LogP contribution in [0, 0.1) is 0 Å². The fourth-order valence-corrected chi connectivity index (χ4v) is 7.52. The predicted molar refractivity (Wildman–Crippen MR) is 88.0 cm³/mol. The minimum atomic E-state index is -3.19. The number of hydrogen-bond donors (Lipinski definition) is 1. The molecule has 0 aliphatic carbocycles. The molecule has 106 valence electrons. The molecule has 1 fully saturated rings. The summed E-state index contributed by atoms with van der Waals surface area (Å²) in [6, 6.07) is 20.1. The Bertz CT molecular complexity index is 515. The SMILES string of the molecule is O[PH]1(Cl)OC(c2ccccc2)CC(c2ccccc2)S1. The van der Waals surface area contributed by atoms with Crippen LogP contribution in [0.3, 0.4) is 0 Å². The van der Waals surface area contributed by atoms with Gasteiger partial charge >= 0.3 is 128 Å². The molecular formula is C15H16ClO2PS. The zero-order valence-electron chi connectivity index (χ0n) is 10.8. The van der Waals surface area contributed by atoms with Crippen molar-refractivity contribution in [3.05, 3.63) is 71.8 Å². The summed E-state index contributed by atoms with van der Waals surface area (Å²) in [6.07, 6.45) is -2.51. The Morgan fingerprint density at radius 3 is 2.15 bits per heavy atom. The molecule has 2 nitrogen and oxygen atoms in total. The van der Waals surface area contributed by atoms with Crippen molar-refractivity contribution in [3.8, 4) is 0 Å². The first kappa shape index (κ1) is 14.4. The third kappa shape index (κ3) is 3.36. The molecule has 0 spiro atoms. The summed E-state index contributed by atoms with van der Waals surface area (Å²) in [4.78, 5) is 10.3. The molecule has 2 atom stereocenters. The summed E-state index contributed by atoms with van der Waals surface area (Å²) in [5, 5.41) is 0.171. The van der Waals surface area contributed by atoms with E-state index in [1.165, 1.54) is 16.9 Å². The molecule has 0 radical (unpaired) electrons. The van der Waals surface area contributed by atoms with Crippen molar-refractivity contribution in [2.45, 2.75) is 17.8 Å². The maximum absolute atomic E-state index is 10.3. The Hall–Kier alpha value is -0.570. The van der Waals surface area contributed by atoms with E-state index in [2.05, 4.69) is 12.1 Å². The second-order valence-electron chi connectivity index (χ2n) is 4.77. The van der Waals surface area contributed by atoms with E-state index < -0.39 is 6.27 Å². The number of halogens is 1. The van der Waals surface area contributed by atoms with Gasteiger partial charge in [-0.05, 0) is 0 Å². The molecule has 3 rings (SSSR count). The summed E-state index contributed by atoms with van der Waals surface area (Å²) >= 11 is 7.57. The van der Waals surface area contributed by atoms with E-state index in [0.29, 0.717) is 0 Å². The van der Waals surface area contributed by atoms with E-state index in [4.69, 9.17) is 15.8 Å². The molecule has 0 bridgehead atoms.